The normalized spacial score (nSPS) is 12.9. The molecule has 1 unspecified atom stereocenters. The molecule has 0 radical (unpaired) electrons. The van der Waals surface area contributed by atoms with Crippen molar-refractivity contribution in [1.82, 2.24) is 0 Å². The van der Waals surface area contributed by atoms with E-state index in [1.807, 2.05) is 0 Å². The molecule has 1 aromatic rings. The number of rotatable bonds is 9. The number of nitro groups is 1. The molecule has 9 nitrogen and oxygen atoms in total. The Balaban J connectivity index is 3.14. The summed E-state index contributed by atoms with van der Waals surface area (Å²) < 4.78 is 34.7. The third kappa shape index (κ3) is 6.91. The molecular weight excluding hydrogens is 378 g/mol. The predicted molar refractivity (Wildman–Crippen MR) is 95.4 cm³/mol. The van der Waals surface area contributed by atoms with Gasteiger partial charge in [-0.1, -0.05) is 6.08 Å². The summed E-state index contributed by atoms with van der Waals surface area (Å²) in [6, 6.07) is 3.85. The van der Waals surface area contributed by atoms with Crippen molar-refractivity contribution in [2.24, 2.45) is 0 Å². The van der Waals surface area contributed by atoms with Crippen LogP contribution in [0.4, 0.5) is 5.69 Å². The minimum atomic E-state index is -4.54. The van der Waals surface area contributed by atoms with Gasteiger partial charge in [-0.05, 0) is 39.3 Å². The third-order valence-electron chi connectivity index (χ3n) is 3.07. The number of nitro benzene ring substituents is 1. The molecule has 27 heavy (non-hydrogen) atoms. The van der Waals surface area contributed by atoms with Crippen LogP contribution < -0.4 is 0 Å². The highest BCUT2D eigenvalue weighted by Gasteiger charge is 2.36. The van der Waals surface area contributed by atoms with Crippen molar-refractivity contribution in [2.45, 2.75) is 50.2 Å². The summed E-state index contributed by atoms with van der Waals surface area (Å²) in [5, 5.41) is 10.7. The lowest BCUT2D eigenvalue weighted by Gasteiger charge is -2.23. The minimum Gasteiger partial charge on any atom is -0.458 e. The van der Waals surface area contributed by atoms with E-state index in [-0.39, 0.29) is 18.5 Å². The van der Waals surface area contributed by atoms with Crippen LogP contribution in [0.2, 0.25) is 0 Å². The number of hydrogen-bond acceptors (Lipinski definition) is 8. The molecule has 1 rings (SSSR count). The molecule has 0 saturated carbocycles. The largest absolute Gasteiger partial charge is 0.458 e. The first-order valence-corrected chi connectivity index (χ1v) is 9.32. The van der Waals surface area contributed by atoms with Gasteiger partial charge in [0.2, 0.25) is 6.10 Å². The maximum atomic E-state index is 12.4. The Morgan fingerprint density at radius 2 is 1.81 bits per heavy atom. The van der Waals surface area contributed by atoms with Gasteiger partial charge in [0.05, 0.1) is 9.82 Å². The quantitative estimate of drug-likeness (QED) is 0.155. The Hall–Kier alpha value is -2.59. The molecule has 0 heterocycles. The fraction of sp³-hybridized carbons (Fsp3) is 0.412. The molecule has 0 aromatic heterocycles. The number of esters is 1. The average Bonchev–Trinajstić information content (AvgIpc) is 2.56. The second-order valence-corrected chi connectivity index (χ2v) is 8.08. The number of ketones is 1. The maximum absolute atomic E-state index is 12.4. The van der Waals surface area contributed by atoms with Gasteiger partial charge in [-0.3, -0.25) is 14.9 Å². The summed E-state index contributed by atoms with van der Waals surface area (Å²) in [6.45, 7) is 8.13. The van der Waals surface area contributed by atoms with Gasteiger partial charge in [0, 0.05) is 18.6 Å². The zero-order valence-electron chi connectivity index (χ0n) is 15.2. The van der Waals surface area contributed by atoms with Crippen molar-refractivity contribution in [3.05, 3.63) is 47.0 Å². The van der Waals surface area contributed by atoms with Crippen LogP contribution in [-0.4, -0.2) is 36.8 Å². The van der Waals surface area contributed by atoms with Crippen LogP contribution in [0.3, 0.4) is 0 Å². The molecule has 0 N–H and O–H groups in total. The van der Waals surface area contributed by atoms with E-state index in [4.69, 9.17) is 8.92 Å². The fourth-order valence-corrected chi connectivity index (χ4v) is 2.89. The lowest BCUT2D eigenvalue weighted by atomic mass is 10.1. The van der Waals surface area contributed by atoms with Gasteiger partial charge in [0.1, 0.15) is 5.60 Å². The Labute approximate surface area is 157 Å². The molecule has 0 amide bonds. The van der Waals surface area contributed by atoms with Crippen LogP contribution >= 0.6 is 0 Å². The highest BCUT2D eigenvalue weighted by molar-refractivity contribution is 7.86. The van der Waals surface area contributed by atoms with Gasteiger partial charge in [-0.2, -0.15) is 8.42 Å². The number of ether oxygens (including phenoxy) is 1. The van der Waals surface area contributed by atoms with Crippen molar-refractivity contribution in [2.75, 3.05) is 0 Å². The number of hydrogen-bond donors (Lipinski definition) is 0. The van der Waals surface area contributed by atoms with E-state index < -0.39 is 43.4 Å². The van der Waals surface area contributed by atoms with Crippen LogP contribution in [0.1, 0.15) is 33.6 Å². The topological polar surface area (TPSA) is 130 Å². The van der Waals surface area contributed by atoms with Crippen molar-refractivity contribution < 1.29 is 31.9 Å². The maximum Gasteiger partial charge on any atom is 0.345 e. The zero-order valence-corrected chi connectivity index (χ0v) is 16.0. The lowest BCUT2D eigenvalue weighted by Crippen LogP contribution is -2.40. The van der Waals surface area contributed by atoms with Crippen LogP contribution in [0.25, 0.3) is 0 Å². The third-order valence-corrected chi connectivity index (χ3v) is 4.36. The standard InChI is InChI=1S/C17H21NO8S/c1-5-6-7-14(19)15(16(20)25-17(2,3)4)26-27(23,24)13-10-8-12(9-11-13)18(21)22/h5,8-11,15H,1,6-7H2,2-4H3. The number of non-ortho nitro benzene ring substituents is 1. The van der Waals surface area contributed by atoms with E-state index >= 15 is 0 Å². The van der Waals surface area contributed by atoms with Gasteiger partial charge in [-0.25, -0.2) is 8.98 Å². The van der Waals surface area contributed by atoms with E-state index in [2.05, 4.69) is 6.58 Å². The predicted octanol–water partition coefficient (Wildman–Crippen LogP) is 2.55. The van der Waals surface area contributed by atoms with Crippen LogP contribution in [0.15, 0.2) is 41.8 Å². The summed E-state index contributed by atoms with van der Waals surface area (Å²) in [7, 11) is -4.54. The number of benzene rings is 1. The molecule has 0 saturated heterocycles. The fourth-order valence-electron chi connectivity index (χ4n) is 1.87. The summed E-state index contributed by atoms with van der Waals surface area (Å²) >= 11 is 0. The van der Waals surface area contributed by atoms with Crippen molar-refractivity contribution in [1.29, 1.82) is 0 Å². The molecule has 10 heteroatoms. The molecule has 0 bridgehead atoms. The molecule has 148 valence electrons. The second kappa shape index (κ2) is 8.87. The van der Waals surface area contributed by atoms with Gasteiger partial charge < -0.3 is 4.74 Å². The van der Waals surface area contributed by atoms with E-state index in [9.17, 15) is 28.1 Å². The Morgan fingerprint density at radius 3 is 2.26 bits per heavy atom. The molecule has 1 aromatic carbocycles. The van der Waals surface area contributed by atoms with E-state index in [1.54, 1.807) is 20.8 Å². The van der Waals surface area contributed by atoms with Gasteiger partial charge in [0.15, 0.2) is 5.78 Å². The lowest BCUT2D eigenvalue weighted by molar-refractivity contribution is -0.384. The molecule has 0 aliphatic heterocycles. The van der Waals surface area contributed by atoms with Crippen molar-refractivity contribution >= 4 is 27.6 Å². The van der Waals surface area contributed by atoms with Gasteiger partial charge >= 0.3 is 5.97 Å². The van der Waals surface area contributed by atoms with E-state index in [0.717, 1.165) is 24.3 Å². The number of allylic oxidation sites excluding steroid dienone is 1. The zero-order chi connectivity index (χ0) is 20.8. The van der Waals surface area contributed by atoms with Gasteiger partial charge in [-0.15, -0.1) is 6.58 Å². The summed E-state index contributed by atoms with van der Waals surface area (Å²) in [6.07, 6.45) is -0.485. The Bertz CT molecular complexity index is 821. The number of nitrogens with zero attached hydrogens (tertiary/aromatic N) is 1. The first-order chi connectivity index (χ1) is 12.4. The Morgan fingerprint density at radius 1 is 1.26 bits per heavy atom. The first-order valence-electron chi connectivity index (χ1n) is 7.91. The smallest absolute Gasteiger partial charge is 0.345 e. The molecule has 0 aliphatic carbocycles. The summed E-state index contributed by atoms with van der Waals surface area (Å²) in [5.74, 6) is -1.92. The van der Waals surface area contributed by atoms with Crippen LogP contribution in [0.5, 0.6) is 0 Å². The number of Topliss-reactive ketones (excluding diaryl/α,β-unsaturated/α-hetero) is 1. The average molecular weight is 399 g/mol. The van der Waals surface area contributed by atoms with E-state index in [0.29, 0.717) is 0 Å². The van der Waals surface area contributed by atoms with E-state index in [1.165, 1.54) is 6.08 Å². The molecule has 0 spiro atoms. The highest BCUT2D eigenvalue weighted by atomic mass is 32.2. The highest BCUT2D eigenvalue weighted by Crippen LogP contribution is 2.21. The summed E-state index contributed by atoms with van der Waals surface area (Å²) in [4.78, 5) is 34.1. The van der Waals surface area contributed by atoms with Gasteiger partial charge in [0.25, 0.3) is 15.8 Å². The molecule has 0 fully saturated rings. The van der Waals surface area contributed by atoms with Crippen molar-refractivity contribution in [3.8, 4) is 0 Å². The molecule has 0 aliphatic rings. The number of carbonyl (C=O) groups excluding carboxylic acids is 2. The van der Waals surface area contributed by atoms with Crippen LogP contribution in [0, 0.1) is 10.1 Å². The first kappa shape index (κ1) is 22.5. The SMILES string of the molecule is C=CCCC(=O)C(OS(=O)(=O)c1ccc([N+](=O)[O-])cc1)C(=O)OC(C)(C)C. The minimum absolute atomic E-state index is 0.164. The van der Waals surface area contributed by atoms with Crippen molar-refractivity contribution in [3.63, 3.8) is 0 Å². The second-order valence-electron chi connectivity index (χ2n) is 6.51. The van der Waals surface area contributed by atoms with Crippen LogP contribution in [-0.2, 0) is 28.6 Å². The molecule has 1 atom stereocenters. The molecular formula is C17H21NO8S. The monoisotopic (exact) mass is 399 g/mol. The Kier molecular flexibility index (Phi) is 7.37. The number of carbonyl (C=O) groups is 2. The summed E-state index contributed by atoms with van der Waals surface area (Å²) in [5.41, 5.74) is -1.28.